The van der Waals surface area contributed by atoms with Crippen molar-refractivity contribution in [3.8, 4) is 17.1 Å². The van der Waals surface area contributed by atoms with Crippen molar-refractivity contribution >= 4 is 35.1 Å². The van der Waals surface area contributed by atoms with Crippen LogP contribution in [0.2, 0.25) is 0 Å². The quantitative estimate of drug-likeness (QED) is 0.343. The third-order valence-electron chi connectivity index (χ3n) is 6.98. The number of carbonyl (C=O) groups excluding carboxylic acids is 1. The largest absolute Gasteiger partial charge is 0.479 e. The predicted octanol–water partition coefficient (Wildman–Crippen LogP) is 3.48. The Hall–Kier alpha value is -4.75. The van der Waals surface area contributed by atoms with Gasteiger partial charge in [0.25, 0.3) is 0 Å². The number of aromatic nitrogens is 3. The summed E-state index contributed by atoms with van der Waals surface area (Å²) in [6.07, 6.45) is 3.46. The number of aliphatic imine (C=N–C) groups is 1. The molecule has 3 aromatic rings. The second-order valence-electron chi connectivity index (χ2n) is 10.3. The third-order valence-corrected chi connectivity index (χ3v) is 6.98. The van der Waals surface area contributed by atoms with Gasteiger partial charge in [0.15, 0.2) is 23.8 Å². The molecule has 0 saturated carbocycles. The molecule has 2 aliphatic rings. The molecular weight excluding hydrogens is 553 g/mol. The smallest absolute Gasteiger partial charge is 0.247 e. The second-order valence-corrected chi connectivity index (χ2v) is 10.3. The van der Waals surface area contributed by atoms with Gasteiger partial charge in [0.05, 0.1) is 37.9 Å². The first kappa shape index (κ1) is 29.7. The van der Waals surface area contributed by atoms with Gasteiger partial charge in [-0.3, -0.25) is 4.79 Å². The fourth-order valence-corrected chi connectivity index (χ4v) is 4.97. The zero-order valence-corrected chi connectivity index (χ0v) is 24.7. The van der Waals surface area contributed by atoms with Crippen molar-refractivity contribution in [2.24, 2.45) is 4.99 Å². The van der Waals surface area contributed by atoms with Gasteiger partial charge in [-0.1, -0.05) is 36.9 Å². The summed E-state index contributed by atoms with van der Waals surface area (Å²) < 4.78 is 28.1. The lowest BCUT2D eigenvalue weighted by Gasteiger charge is -2.33. The predicted molar refractivity (Wildman–Crippen MR) is 166 cm³/mol. The monoisotopic (exact) mass is 589 g/mol. The molecule has 226 valence electrons. The van der Waals surface area contributed by atoms with Crippen LogP contribution in [0, 0.1) is 0 Å². The van der Waals surface area contributed by atoms with E-state index in [-0.39, 0.29) is 17.6 Å². The van der Waals surface area contributed by atoms with Crippen LogP contribution in [-0.4, -0.2) is 97.5 Å². The molecule has 13 heteroatoms. The summed E-state index contributed by atoms with van der Waals surface area (Å²) in [5, 5.41) is 10.9. The number of rotatable bonds is 10. The zero-order chi connectivity index (χ0) is 30.5. The summed E-state index contributed by atoms with van der Waals surface area (Å²) in [6.45, 7) is 6.47. The van der Waals surface area contributed by atoms with Crippen LogP contribution in [0.5, 0.6) is 5.88 Å². The molecule has 0 radical (unpaired) electrons. The van der Waals surface area contributed by atoms with E-state index in [9.17, 15) is 4.79 Å². The van der Waals surface area contributed by atoms with Gasteiger partial charge in [-0.25, -0.2) is 14.1 Å². The third kappa shape index (κ3) is 6.52. The van der Waals surface area contributed by atoms with E-state index in [2.05, 4.69) is 22.2 Å². The lowest BCUT2D eigenvalue weighted by molar-refractivity contribution is -0.111. The van der Waals surface area contributed by atoms with Gasteiger partial charge in [-0.2, -0.15) is 10.1 Å². The van der Waals surface area contributed by atoms with Crippen LogP contribution >= 0.6 is 0 Å². The Labute approximate surface area is 250 Å². The Balaban J connectivity index is 1.48. The van der Waals surface area contributed by atoms with E-state index in [0.29, 0.717) is 50.0 Å². The van der Waals surface area contributed by atoms with Crippen molar-refractivity contribution < 1.29 is 18.7 Å². The highest BCUT2D eigenvalue weighted by atomic mass is 19.1. The van der Waals surface area contributed by atoms with Crippen LogP contribution in [0.4, 0.5) is 21.6 Å². The standard InChI is InChI=1S/C30H36FN9O3/c1-6-25(41)33-23-16-24(28(42-5)35-27(23)39-12-14-43-15-13-39)34-30-32-17-22(31)29(38(30)4)40-19-21(18-37(2)3)26(36-40)20-10-8-7-9-11-20/h6-11,16-17,19,30,34H,1,12-15,18H2,2-5H3,(H,33,41). The summed E-state index contributed by atoms with van der Waals surface area (Å²) in [7, 11) is 7.19. The van der Waals surface area contributed by atoms with Crippen LogP contribution in [0.1, 0.15) is 5.56 Å². The SMILES string of the molecule is C=CC(=O)Nc1cc(NC2N=CC(F)=C(n3cc(CN(C)C)c(-c4ccccc4)n3)N2C)c(OC)nc1N1CCOCC1. The Morgan fingerprint density at radius 2 is 1.98 bits per heavy atom. The molecule has 2 aromatic heterocycles. The molecule has 4 heterocycles. The maximum absolute atomic E-state index is 15.4. The summed E-state index contributed by atoms with van der Waals surface area (Å²) in [4.78, 5) is 27.1. The molecule has 1 amide bonds. The highest BCUT2D eigenvalue weighted by molar-refractivity contribution is 6.01. The number of carbonyl (C=O) groups is 1. The van der Waals surface area contributed by atoms with E-state index >= 15 is 4.39 Å². The number of morpholine rings is 1. The number of methoxy groups -OCH3 is 1. The molecule has 1 unspecified atom stereocenters. The van der Waals surface area contributed by atoms with Gasteiger partial charge >= 0.3 is 0 Å². The van der Waals surface area contributed by atoms with Gasteiger partial charge in [0, 0.05) is 44.0 Å². The molecule has 43 heavy (non-hydrogen) atoms. The van der Waals surface area contributed by atoms with Gasteiger partial charge in [-0.05, 0) is 26.2 Å². The number of halogens is 1. The Morgan fingerprint density at radius 3 is 2.65 bits per heavy atom. The first-order chi connectivity index (χ1) is 20.8. The minimum Gasteiger partial charge on any atom is -0.479 e. The Kier molecular flexibility index (Phi) is 9.02. The van der Waals surface area contributed by atoms with Crippen LogP contribution in [0.3, 0.4) is 0 Å². The number of nitrogens with zero attached hydrogens (tertiary/aromatic N) is 7. The van der Waals surface area contributed by atoms with E-state index in [1.54, 1.807) is 22.7 Å². The van der Waals surface area contributed by atoms with Crippen LogP contribution in [0.25, 0.3) is 17.1 Å². The number of anilines is 3. The number of pyridine rings is 1. The van der Waals surface area contributed by atoms with E-state index in [1.807, 2.05) is 60.4 Å². The number of allylic oxidation sites excluding steroid dienone is 1. The van der Waals surface area contributed by atoms with Crippen molar-refractivity contribution in [3.05, 3.63) is 66.6 Å². The van der Waals surface area contributed by atoms with Crippen molar-refractivity contribution in [1.82, 2.24) is 24.6 Å². The van der Waals surface area contributed by atoms with Crippen molar-refractivity contribution in [2.75, 3.05) is 70.1 Å². The Bertz CT molecular complexity index is 1530. The van der Waals surface area contributed by atoms with E-state index in [4.69, 9.17) is 19.6 Å². The summed E-state index contributed by atoms with van der Waals surface area (Å²) in [5.41, 5.74) is 3.57. The highest BCUT2D eigenvalue weighted by Crippen LogP contribution is 2.36. The maximum atomic E-state index is 15.4. The number of nitrogens with one attached hydrogen (secondary N) is 2. The zero-order valence-electron chi connectivity index (χ0n) is 24.7. The lowest BCUT2D eigenvalue weighted by Crippen LogP contribution is -2.40. The first-order valence-corrected chi connectivity index (χ1v) is 13.9. The van der Waals surface area contributed by atoms with E-state index < -0.39 is 12.1 Å². The molecular formula is C30H36FN9O3. The number of hydrogen-bond donors (Lipinski definition) is 2. The van der Waals surface area contributed by atoms with Gasteiger partial charge in [-0.15, -0.1) is 0 Å². The van der Waals surface area contributed by atoms with Crippen molar-refractivity contribution in [1.29, 1.82) is 0 Å². The first-order valence-electron chi connectivity index (χ1n) is 13.9. The molecule has 12 nitrogen and oxygen atoms in total. The number of benzene rings is 1. The molecule has 1 atom stereocenters. The molecule has 0 spiro atoms. The number of amides is 1. The molecule has 0 bridgehead atoms. The van der Waals surface area contributed by atoms with Crippen molar-refractivity contribution in [2.45, 2.75) is 12.8 Å². The fourth-order valence-electron chi connectivity index (χ4n) is 4.97. The molecule has 0 aliphatic carbocycles. The van der Waals surface area contributed by atoms with Gasteiger partial charge < -0.3 is 34.8 Å². The minimum atomic E-state index is -0.746. The topological polar surface area (TPSA) is 112 Å². The Morgan fingerprint density at radius 1 is 1.23 bits per heavy atom. The lowest BCUT2D eigenvalue weighted by atomic mass is 10.1. The van der Waals surface area contributed by atoms with Gasteiger partial charge in [0.2, 0.25) is 11.8 Å². The van der Waals surface area contributed by atoms with Crippen LogP contribution < -0.4 is 20.3 Å². The normalized spacial score (nSPS) is 16.9. The fraction of sp³-hybridized carbons (Fsp3) is 0.333. The minimum absolute atomic E-state index is 0.215. The van der Waals surface area contributed by atoms with Crippen LogP contribution in [0.15, 0.2) is 66.1 Å². The van der Waals surface area contributed by atoms with Crippen LogP contribution in [-0.2, 0) is 16.1 Å². The van der Waals surface area contributed by atoms with Gasteiger partial charge in [0.1, 0.15) is 5.69 Å². The molecule has 2 N–H and O–H groups in total. The summed E-state index contributed by atoms with van der Waals surface area (Å²) in [6, 6.07) is 11.5. The van der Waals surface area contributed by atoms with E-state index in [1.165, 1.54) is 19.4 Å². The van der Waals surface area contributed by atoms with Crippen molar-refractivity contribution in [3.63, 3.8) is 0 Å². The molecule has 1 saturated heterocycles. The average molecular weight is 590 g/mol. The number of hydrogen-bond acceptors (Lipinski definition) is 10. The molecule has 1 aromatic carbocycles. The molecule has 5 rings (SSSR count). The summed E-state index contributed by atoms with van der Waals surface area (Å²) in [5.74, 6) is 0.134. The summed E-state index contributed by atoms with van der Waals surface area (Å²) >= 11 is 0. The highest BCUT2D eigenvalue weighted by Gasteiger charge is 2.29. The maximum Gasteiger partial charge on any atom is 0.247 e. The molecule has 1 fully saturated rings. The molecule has 2 aliphatic heterocycles. The van der Waals surface area contributed by atoms with E-state index in [0.717, 1.165) is 16.8 Å². The average Bonchev–Trinajstić information content (AvgIpc) is 3.41. The second kappa shape index (κ2) is 13.0. The number of ether oxygens (including phenoxy) is 2.